The van der Waals surface area contributed by atoms with Gasteiger partial charge in [-0.2, -0.15) is 0 Å². The van der Waals surface area contributed by atoms with Crippen LogP contribution in [0.15, 0.2) is 42.5 Å². The summed E-state index contributed by atoms with van der Waals surface area (Å²) in [7, 11) is 0. The summed E-state index contributed by atoms with van der Waals surface area (Å²) < 4.78 is 11.2. The first kappa shape index (κ1) is 18.8. The van der Waals surface area contributed by atoms with Crippen LogP contribution in [-0.2, 0) is 4.79 Å². The van der Waals surface area contributed by atoms with Crippen molar-refractivity contribution in [3.8, 4) is 11.5 Å². The molecule has 0 saturated carbocycles. The van der Waals surface area contributed by atoms with Gasteiger partial charge in [0.25, 0.3) is 5.91 Å². The third-order valence-corrected chi connectivity index (χ3v) is 3.84. The van der Waals surface area contributed by atoms with Crippen molar-refractivity contribution in [3.05, 3.63) is 53.6 Å². The van der Waals surface area contributed by atoms with Gasteiger partial charge in [-0.25, -0.2) is 0 Å². The summed E-state index contributed by atoms with van der Waals surface area (Å²) >= 11 is 0. The molecule has 0 unspecified atom stereocenters. The number of aryl methyl sites for hydroxylation is 2. The number of carbonyl (C=O) groups excluding carboxylic acids is 1. The Morgan fingerprint density at radius 3 is 2.44 bits per heavy atom. The standard InChI is InChI=1S/C21H27NO3/c1-4-5-6-13-24-19-10-8-18(9-11-19)22-21(23)15-25-20-12-7-16(2)14-17(20)3/h7-12,14H,4-6,13,15H2,1-3H3,(H,22,23). The van der Waals surface area contributed by atoms with Gasteiger partial charge in [0.2, 0.25) is 0 Å². The van der Waals surface area contributed by atoms with E-state index in [2.05, 4.69) is 12.2 Å². The molecular weight excluding hydrogens is 314 g/mol. The average Bonchev–Trinajstić information content (AvgIpc) is 2.59. The van der Waals surface area contributed by atoms with E-state index in [1.165, 1.54) is 18.4 Å². The predicted molar refractivity (Wildman–Crippen MR) is 102 cm³/mol. The fraction of sp³-hybridized carbons (Fsp3) is 0.381. The second kappa shape index (κ2) is 9.72. The van der Waals surface area contributed by atoms with Crippen molar-refractivity contribution in [1.29, 1.82) is 0 Å². The Bertz CT molecular complexity index is 680. The topological polar surface area (TPSA) is 47.6 Å². The number of nitrogens with one attached hydrogen (secondary N) is 1. The smallest absolute Gasteiger partial charge is 0.262 e. The summed E-state index contributed by atoms with van der Waals surface area (Å²) in [5.74, 6) is 1.37. The molecule has 0 saturated heterocycles. The highest BCUT2D eigenvalue weighted by Crippen LogP contribution is 2.19. The second-order valence-electron chi connectivity index (χ2n) is 6.19. The first-order chi connectivity index (χ1) is 12.1. The van der Waals surface area contributed by atoms with Crippen LogP contribution >= 0.6 is 0 Å². The van der Waals surface area contributed by atoms with E-state index in [9.17, 15) is 4.79 Å². The van der Waals surface area contributed by atoms with Gasteiger partial charge in [0.15, 0.2) is 6.61 Å². The van der Waals surface area contributed by atoms with Crippen LogP contribution in [0.4, 0.5) is 5.69 Å². The van der Waals surface area contributed by atoms with E-state index in [4.69, 9.17) is 9.47 Å². The Balaban J connectivity index is 1.78. The molecule has 0 aliphatic heterocycles. The Morgan fingerprint density at radius 2 is 1.76 bits per heavy atom. The van der Waals surface area contributed by atoms with Crippen LogP contribution in [0.1, 0.15) is 37.3 Å². The van der Waals surface area contributed by atoms with Crippen molar-refractivity contribution in [1.82, 2.24) is 0 Å². The van der Waals surface area contributed by atoms with Gasteiger partial charge in [0.1, 0.15) is 11.5 Å². The SMILES string of the molecule is CCCCCOc1ccc(NC(=O)COc2ccc(C)cc2C)cc1. The Labute approximate surface area is 150 Å². The van der Waals surface area contributed by atoms with Gasteiger partial charge < -0.3 is 14.8 Å². The molecule has 1 amide bonds. The molecular formula is C21H27NO3. The first-order valence-corrected chi connectivity index (χ1v) is 8.81. The zero-order valence-corrected chi connectivity index (χ0v) is 15.3. The second-order valence-corrected chi connectivity index (χ2v) is 6.19. The maximum Gasteiger partial charge on any atom is 0.262 e. The molecule has 134 valence electrons. The molecule has 2 aromatic carbocycles. The number of hydrogen-bond donors (Lipinski definition) is 1. The lowest BCUT2D eigenvalue weighted by Gasteiger charge is -2.11. The number of anilines is 1. The van der Waals surface area contributed by atoms with Crippen molar-refractivity contribution in [3.63, 3.8) is 0 Å². The Kier molecular flexibility index (Phi) is 7.33. The van der Waals surface area contributed by atoms with Gasteiger partial charge in [0.05, 0.1) is 6.61 Å². The normalized spacial score (nSPS) is 10.4. The summed E-state index contributed by atoms with van der Waals surface area (Å²) in [5.41, 5.74) is 2.93. The minimum atomic E-state index is -0.184. The number of carbonyl (C=O) groups is 1. The molecule has 4 nitrogen and oxygen atoms in total. The van der Waals surface area contributed by atoms with Crippen LogP contribution in [0.2, 0.25) is 0 Å². The van der Waals surface area contributed by atoms with Gasteiger partial charge in [0, 0.05) is 5.69 Å². The molecule has 0 atom stereocenters. The molecule has 0 radical (unpaired) electrons. The van der Waals surface area contributed by atoms with E-state index in [1.807, 2.05) is 56.3 Å². The molecule has 0 aliphatic rings. The number of ether oxygens (including phenoxy) is 2. The van der Waals surface area contributed by atoms with Crippen molar-refractivity contribution in [2.45, 2.75) is 40.0 Å². The van der Waals surface area contributed by atoms with Crippen molar-refractivity contribution in [2.75, 3.05) is 18.5 Å². The van der Waals surface area contributed by atoms with Crippen molar-refractivity contribution in [2.24, 2.45) is 0 Å². The van der Waals surface area contributed by atoms with Gasteiger partial charge in [-0.1, -0.05) is 37.5 Å². The monoisotopic (exact) mass is 341 g/mol. The zero-order chi connectivity index (χ0) is 18.1. The van der Waals surface area contributed by atoms with E-state index in [0.29, 0.717) is 0 Å². The van der Waals surface area contributed by atoms with E-state index < -0.39 is 0 Å². The summed E-state index contributed by atoms with van der Waals surface area (Å²) in [5, 5.41) is 2.83. The largest absolute Gasteiger partial charge is 0.494 e. The summed E-state index contributed by atoms with van der Waals surface area (Å²) in [6.45, 7) is 6.88. The van der Waals surface area contributed by atoms with Crippen LogP contribution in [0.25, 0.3) is 0 Å². The molecule has 0 spiro atoms. The maximum atomic E-state index is 12.0. The fourth-order valence-corrected chi connectivity index (χ4v) is 2.48. The summed E-state index contributed by atoms with van der Waals surface area (Å²) in [6, 6.07) is 13.3. The van der Waals surface area contributed by atoms with Crippen LogP contribution < -0.4 is 14.8 Å². The van der Waals surface area contributed by atoms with E-state index >= 15 is 0 Å². The number of unbranched alkanes of at least 4 members (excludes halogenated alkanes) is 2. The first-order valence-electron chi connectivity index (χ1n) is 8.81. The molecule has 0 fully saturated rings. The molecule has 1 N–H and O–H groups in total. The van der Waals surface area contributed by atoms with Gasteiger partial charge >= 0.3 is 0 Å². The molecule has 2 aromatic rings. The Hall–Kier alpha value is -2.49. The molecule has 2 rings (SSSR count). The lowest BCUT2D eigenvalue weighted by molar-refractivity contribution is -0.118. The highest BCUT2D eigenvalue weighted by Gasteiger charge is 2.06. The number of rotatable bonds is 9. The molecule has 4 heteroatoms. The van der Waals surface area contributed by atoms with Crippen molar-refractivity contribution >= 4 is 11.6 Å². The van der Waals surface area contributed by atoms with Crippen LogP contribution in [0.5, 0.6) is 11.5 Å². The van der Waals surface area contributed by atoms with E-state index in [-0.39, 0.29) is 12.5 Å². The predicted octanol–water partition coefficient (Wildman–Crippen LogP) is 4.89. The van der Waals surface area contributed by atoms with E-state index in [0.717, 1.165) is 35.8 Å². The van der Waals surface area contributed by atoms with Gasteiger partial charge in [-0.15, -0.1) is 0 Å². The highest BCUT2D eigenvalue weighted by atomic mass is 16.5. The van der Waals surface area contributed by atoms with Gasteiger partial charge in [-0.3, -0.25) is 4.79 Å². The van der Waals surface area contributed by atoms with Crippen molar-refractivity contribution < 1.29 is 14.3 Å². The molecule has 0 heterocycles. The van der Waals surface area contributed by atoms with Crippen LogP contribution in [-0.4, -0.2) is 19.1 Å². The molecule has 0 aromatic heterocycles. The number of benzene rings is 2. The van der Waals surface area contributed by atoms with Crippen LogP contribution in [0.3, 0.4) is 0 Å². The number of amides is 1. The lowest BCUT2D eigenvalue weighted by atomic mass is 10.1. The number of hydrogen-bond acceptors (Lipinski definition) is 3. The summed E-state index contributed by atoms with van der Waals surface area (Å²) in [4.78, 5) is 12.0. The minimum absolute atomic E-state index is 0.0147. The Morgan fingerprint density at radius 1 is 1.00 bits per heavy atom. The third-order valence-electron chi connectivity index (χ3n) is 3.84. The molecule has 0 aliphatic carbocycles. The lowest BCUT2D eigenvalue weighted by Crippen LogP contribution is -2.20. The fourth-order valence-electron chi connectivity index (χ4n) is 2.48. The third kappa shape index (κ3) is 6.49. The molecule has 25 heavy (non-hydrogen) atoms. The highest BCUT2D eigenvalue weighted by molar-refractivity contribution is 5.91. The van der Waals surface area contributed by atoms with Crippen LogP contribution in [0, 0.1) is 13.8 Å². The summed E-state index contributed by atoms with van der Waals surface area (Å²) in [6.07, 6.45) is 3.41. The molecule has 0 bridgehead atoms. The van der Waals surface area contributed by atoms with E-state index in [1.54, 1.807) is 0 Å². The van der Waals surface area contributed by atoms with Gasteiger partial charge in [-0.05, 0) is 56.2 Å². The quantitative estimate of drug-likeness (QED) is 0.661. The minimum Gasteiger partial charge on any atom is -0.494 e. The average molecular weight is 341 g/mol. The maximum absolute atomic E-state index is 12.0. The zero-order valence-electron chi connectivity index (χ0n) is 15.3.